The van der Waals surface area contributed by atoms with E-state index in [0.717, 1.165) is 30.7 Å². The maximum absolute atomic E-state index is 12.3. The molecule has 1 heterocycles. The number of para-hydroxylation sites is 1. The minimum atomic E-state index is -0.346. The van der Waals surface area contributed by atoms with Crippen LogP contribution in [0.1, 0.15) is 25.3 Å². The zero-order chi connectivity index (χ0) is 12.3. The Hall–Kier alpha value is -1.35. The third kappa shape index (κ3) is 2.50. The van der Waals surface area contributed by atoms with Crippen LogP contribution in [0.3, 0.4) is 0 Å². The van der Waals surface area contributed by atoms with E-state index in [1.807, 2.05) is 31.2 Å². The number of nitrogens with one attached hydrogen (secondary N) is 1. The molecule has 17 heavy (non-hydrogen) atoms. The molecule has 92 valence electrons. The molecule has 0 saturated carbocycles. The third-order valence-corrected chi connectivity index (χ3v) is 3.53. The summed E-state index contributed by atoms with van der Waals surface area (Å²) in [4.78, 5) is 12.3. The van der Waals surface area contributed by atoms with E-state index in [4.69, 9.17) is 4.74 Å². The molecule has 0 radical (unpaired) electrons. The van der Waals surface area contributed by atoms with Gasteiger partial charge in [0.05, 0.1) is 12.6 Å². The SMILES string of the molecule is COc1ccccc1CC(=O)C1(C)CCCN1. The smallest absolute Gasteiger partial charge is 0.157 e. The van der Waals surface area contributed by atoms with Crippen LogP contribution in [-0.2, 0) is 11.2 Å². The second-order valence-electron chi connectivity index (χ2n) is 4.77. The van der Waals surface area contributed by atoms with Crippen LogP contribution < -0.4 is 10.1 Å². The lowest BCUT2D eigenvalue weighted by molar-refractivity contribution is -0.123. The van der Waals surface area contributed by atoms with E-state index in [2.05, 4.69) is 5.32 Å². The van der Waals surface area contributed by atoms with E-state index in [9.17, 15) is 4.79 Å². The lowest BCUT2D eigenvalue weighted by Crippen LogP contribution is -2.45. The number of ether oxygens (including phenoxy) is 1. The fourth-order valence-electron chi connectivity index (χ4n) is 2.35. The second kappa shape index (κ2) is 4.88. The van der Waals surface area contributed by atoms with Gasteiger partial charge in [0.25, 0.3) is 0 Å². The van der Waals surface area contributed by atoms with Gasteiger partial charge in [-0.25, -0.2) is 0 Å². The Morgan fingerprint density at radius 3 is 2.88 bits per heavy atom. The minimum absolute atomic E-state index is 0.250. The molecule has 1 N–H and O–H groups in total. The average Bonchev–Trinajstić information content (AvgIpc) is 2.78. The Kier molecular flexibility index (Phi) is 3.48. The van der Waals surface area contributed by atoms with Crippen LogP contribution in [0.25, 0.3) is 0 Å². The fourth-order valence-corrected chi connectivity index (χ4v) is 2.35. The molecule has 2 rings (SSSR count). The molecule has 0 amide bonds. The number of ketones is 1. The van der Waals surface area contributed by atoms with E-state index in [1.54, 1.807) is 7.11 Å². The van der Waals surface area contributed by atoms with Crippen molar-refractivity contribution < 1.29 is 9.53 Å². The standard InChI is InChI=1S/C14H19NO2/c1-14(8-5-9-15-14)13(16)10-11-6-3-4-7-12(11)17-2/h3-4,6-7,15H,5,8-10H2,1-2H3. The molecule has 1 unspecified atom stereocenters. The summed E-state index contributed by atoms with van der Waals surface area (Å²) in [7, 11) is 1.64. The van der Waals surface area contributed by atoms with Gasteiger partial charge >= 0.3 is 0 Å². The first-order chi connectivity index (χ1) is 8.15. The van der Waals surface area contributed by atoms with Crippen molar-refractivity contribution in [3.05, 3.63) is 29.8 Å². The van der Waals surface area contributed by atoms with Crippen molar-refractivity contribution in [2.45, 2.75) is 31.7 Å². The van der Waals surface area contributed by atoms with Crippen LogP contribution in [-0.4, -0.2) is 25.0 Å². The largest absolute Gasteiger partial charge is 0.496 e. The molecule has 1 aromatic carbocycles. The summed E-state index contributed by atoms with van der Waals surface area (Å²) in [5, 5.41) is 3.30. The number of carbonyl (C=O) groups is 1. The van der Waals surface area contributed by atoms with Crippen molar-refractivity contribution in [1.82, 2.24) is 5.32 Å². The topological polar surface area (TPSA) is 38.3 Å². The Morgan fingerprint density at radius 1 is 1.47 bits per heavy atom. The van der Waals surface area contributed by atoms with E-state index in [-0.39, 0.29) is 11.3 Å². The lowest BCUT2D eigenvalue weighted by atomic mass is 9.90. The highest BCUT2D eigenvalue weighted by Gasteiger charge is 2.35. The monoisotopic (exact) mass is 233 g/mol. The molecule has 1 atom stereocenters. The predicted molar refractivity (Wildman–Crippen MR) is 67.3 cm³/mol. The highest BCUT2D eigenvalue weighted by Crippen LogP contribution is 2.24. The summed E-state index contributed by atoms with van der Waals surface area (Å²) in [6.45, 7) is 2.94. The van der Waals surface area contributed by atoms with Gasteiger partial charge < -0.3 is 10.1 Å². The zero-order valence-electron chi connectivity index (χ0n) is 10.5. The van der Waals surface area contributed by atoms with E-state index in [1.165, 1.54) is 0 Å². The Balaban J connectivity index is 2.12. The van der Waals surface area contributed by atoms with Gasteiger partial charge in [-0.3, -0.25) is 4.79 Å². The number of rotatable bonds is 4. The summed E-state index contributed by atoms with van der Waals surface area (Å²) in [6.07, 6.45) is 2.45. The van der Waals surface area contributed by atoms with Gasteiger partial charge in [-0.05, 0) is 32.4 Å². The molecule has 3 nitrogen and oxygen atoms in total. The van der Waals surface area contributed by atoms with Gasteiger partial charge in [0.1, 0.15) is 5.75 Å². The van der Waals surface area contributed by atoms with Crippen LogP contribution in [0.2, 0.25) is 0 Å². The first-order valence-electron chi connectivity index (χ1n) is 6.06. The molecule has 0 bridgehead atoms. The molecule has 1 fully saturated rings. The molecule has 1 aliphatic rings. The molecule has 1 aliphatic heterocycles. The van der Waals surface area contributed by atoms with Crippen molar-refractivity contribution in [3.8, 4) is 5.75 Å². The number of benzene rings is 1. The van der Waals surface area contributed by atoms with Gasteiger partial charge in [0, 0.05) is 12.0 Å². The van der Waals surface area contributed by atoms with Crippen LogP contribution in [0.4, 0.5) is 0 Å². The average molecular weight is 233 g/mol. The van der Waals surface area contributed by atoms with Crippen LogP contribution in [0.15, 0.2) is 24.3 Å². The summed E-state index contributed by atoms with van der Waals surface area (Å²) < 4.78 is 5.27. The summed E-state index contributed by atoms with van der Waals surface area (Å²) >= 11 is 0. The van der Waals surface area contributed by atoms with E-state index < -0.39 is 0 Å². The highest BCUT2D eigenvalue weighted by molar-refractivity contribution is 5.90. The van der Waals surface area contributed by atoms with Gasteiger partial charge in [-0.1, -0.05) is 18.2 Å². The van der Waals surface area contributed by atoms with Gasteiger partial charge in [-0.15, -0.1) is 0 Å². The van der Waals surface area contributed by atoms with Gasteiger partial charge in [0.15, 0.2) is 5.78 Å². The number of hydrogen-bond donors (Lipinski definition) is 1. The van der Waals surface area contributed by atoms with E-state index >= 15 is 0 Å². The van der Waals surface area contributed by atoms with Crippen LogP contribution >= 0.6 is 0 Å². The molecule has 1 aromatic rings. The quantitative estimate of drug-likeness (QED) is 0.863. The molecular formula is C14H19NO2. The molecule has 0 aromatic heterocycles. The number of carbonyl (C=O) groups excluding carboxylic acids is 1. The highest BCUT2D eigenvalue weighted by atomic mass is 16.5. The molecule has 1 saturated heterocycles. The predicted octanol–water partition coefficient (Wildman–Crippen LogP) is 1.95. The van der Waals surface area contributed by atoms with Crippen molar-refractivity contribution in [2.24, 2.45) is 0 Å². The van der Waals surface area contributed by atoms with Gasteiger partial charge in [-0.2, -0.15) is 0 Å². The number of hydrogen-bond acceptors (Lipinski definition) is 3. The van der Waals surface area contributed by atoms with Crippen molar-refractivity contribution in [3.63, 3.8) is 0 Å². The Morgan fingerprint density at radius 2 is 2.24 bits per heavy atom. The van der Waals surface area contributed by atoms with Gasteiger partial charge in [0.2, 0.25) is 0 Å². The maximum atomic E-state index is 12.3. The molecule has 0 spiro atoms. The molecular weight excluding hydrogens is 214 g/mol. The Bertz CT molecular complexity index is 408. The summed E-state index contributed by atoms with van der Waals surface area (Å²) in [5.74, 6) is 1.04. The van der Waals surface area contributed by atoms with Crippen LogP contribution in [0, 0.1) is 0 Å². The number of Topliss-reactive ketones (excluding diaryl/α,β-unsaturated/α-hetero) is 1. The Labute approximate surface area is 102 Å². The summed E-state index contributed by atoms with van der Waals surface area (Å²) in [6, 6.07) is 7.71. The first-order valence-corrected chi connectivity index (χ1v) is 6.06. The number of methoxy groups -OCH3 is 1. The van der Waals surface area contributed by atoms with Crippen molar-refractivity contribution in [1.29, 1.82) is 0 Å². The van der Waals surface area contributed by atoms with Crippen molar-refractivity contribution >= 4 is 5.78 Å². The summed E-state index contributed by atoms with van der Waals surface area (Å²) in [5.41, 5.74) is 0.621. The fraction of sp³-hybridized carbons (Fsp3) is 0.500. The maximum Gasteiger partial charge on any atom is 0.157 e. The molecule has 3 heteroatoms. The van der Waals surface area contributed by atoms with Crippen LogP contribution in [0.5, 0.6) is 5.75 Å². The van der Waals surface area contributed by atoms with Crippen molar-refractivity contribution in [2.75, 3.05) is 13.7 Å². The normalized spacial score (nSPS) is 23.6. The minimum Gasteiger partial charge on any atom is -0.496 e. The first kappa shape index (κ1) is 12.1. The second-order valence-corrected chi connectivity index (χ2v) is 4.77. The van der Waals surface area contributed by atoms with E-state index in [0.29, 0.717) is 6.42 Å². The third-order valence-electron chi connectivity index (χ3n) is 3.53. The zero-order valence-corrected chi connectivity index (χ0v) is 10.5. The lowest BCUT2D eigenvalue weighted by Gasteiger charge is -2.23. The molecule has 0 aliphatic carbocycles.